The molecule has 0 aromatic carbocycles. The molecule has 1 aliphatic rings. The molecular formula is C14H29NS. The maximum Gasteiger partial charge on any atom is 0.00672 e. The highest BCUT2D eigenvalue weighted by Crippen LogP contribution is 2.27. The van der Waals surface area contributed by atoms with Crippen LogP contribution < -0.4 is 5.32 Å². The minimum absolute atomic E-state index is 0.809. The van der Waals surface area contributed by atoms with E-state index in [-0.39, 0.29) is 0 Å². The molecule has 2 heteroatoms. The van der Waals surface area contributed by atoms with Crippen molar-refractivity contribution < 1.29 is 0 Å². The standard InChI is InChI=1S/C14H29NS/c1-4-5-13-6-8-14(9-7-13)15-11-10-12(2)16-3/h12-15H,4-11H2,1-3H3. The highest BCUT2D eigenvalue weighted by Gasteiger charge is 2.19. The number of hydrogen-bond donors (Lipinski definition) is 1. The van der Waals surface area contributed by atoms with E-state index in [0.717, 1.165) is 17.2 Å². The van der Waals surface area contributed by atoms with Gasteiger partial charge in [-0.3, -0.25) is 0 Å². The summed E-state index contributed by atoms with van der Waals surface area (Å²) in [5.74, 6) is 1.04. The Balaban J connectivity index is 2.03. The Bertz CT molecular complexity index is 164. The quantitative estimate of drug-likeness (QED) is 0.723. The van der Waals surface area contributed by atoms with Crippen molar-refractivity contribution in [3.05, 3.63) is 0 Å². The van der Waals surface area contributed by atoms with Crippen LogP contribution in [-0.2, 0) is 0 Å². The van der Waals surface area contributed by atoms with Crippen LogP contribution in [0.2, 0.25) is 0 Å². The lowest BCUT2D eigenvalue weighted by atomic mass is 9.83. The fourth-order valence-corrected chi connectivity index (χ4v) is 3.03. The van der Waals surface area contributed by atoms with Gasteiger partial charge in [0.1, 0.15) is 0 Å². The summed E-state index contributed by atoms with van der Waals surface area (Å²) in [6.07, 6.45) is 12.1. The van der Waals surface area contributed by atoms with Crippen molar-refractivity contribution in [2.75, 3.05) is 12.8 Å². The van der Waals surface area contributed by atoms with Crippen molar-refractivity contribution in [3.8, 4) is 0 Å². The Labute approximate surface area is 106 Å². The highest BCUT2D eigenvalue weighted by atomic mass is 32.2. The lowest BCUT2D eigenvalue weighted by Gasteiger charge is -2.29. The maximum atomic E-state index is 3.74. The summed E-state index contributed by atoms with van der Waals surface area (Å²) in [6.45, 7) is 5.85. The van der Waals surface area contributed by atoms with Crippen LogP contribution in [0.25, 0.3) is 0 Å². The van der Waals surface area contributed by atoms with E-state index in [9.17, 15) is 0 Å². The van der Waals surface area contributed by atoms with Gasteiger partial charge in [-0.2, -0.15) is 11.8 Å². The number of nitrogens with one attached hydrogen (secondary N) is 1. The van der Waals surface area contributed by atoms with E-state index in [1.807, 2.05) is 11.8 Å². The van der Waals surface area contributed by atoms with E-state index in [0.29, 0.717) is 0 Å². The van der Waals surface area contributed by atoms with Gasteiger partial charge in [0.25, 0.3) is 0 Å². The fourth-order valence-electron chi connectivity index (χ4n) is 2.67. The number of rotatable bonds is 7. The molecule has 1 aliphatic carbocycles. The van der Waals surface area contributed by atoms with Crippen LogP contribution in [0.4, 0.5) is 0 Å². The highest BCUT2D eigenvalue weighted by molar-refractivity contribution is 7.99. The van der Waals surface area contributed by atoms with Crippen molar-refractivity contribution in [1.82, 2.24) is 5.32 Å². The lowest BCUT2D eigenvalue weighted by molar-refractivity contribution is 0.278. The predicted octanol–water partition coefficient (Wildman–Crippen LogP) is 4.08. The third-order valence-corrected chi connectivity index (χ3v) is 4.97. The van der Waals surface area contributed by atoms with Crippen molar-refractivity contribution in [1.29, 1.82) is 0 Å². The summed E-state index contributed by atoms with van der Waals surface area (Å²) in [6, 6.07) is 0.821. The van der Waals surface area contributed by atoms with Crippen LogP contribution in [0.1, 0.15) is 58.8 Å². The van der Waals surface area contributed by atoms with Crippen molar-refractivity contribution in [2.45, 2.75) is 70.1 Å². The monoisotopic (exact) mass is 243 g/mol. The minimum Gasteiger partial charge on any atom is -0.314 e. The van der Waals surface area contributed by atoms with Gasteiger partial charge in [0.2, 0.25) is 0 Å². The second-order valence-electron chi connectivity index (χ2n) is 5.30. The molecule has 16 heavy (non-hydrogen) atoms. The molecule has 0 bridgehead atoms. The predicted molar refractivity (Wildman–Crippen MR) is 76.3 cm³/mol. The Hall–Kier alpha value is 0.310. The molecule has 1 nitrogen and oxygen atoms in total. The van der Waals surface area contributed by atoms with Gasteiger partial charge in [0.05, 0.1) is 0 Å². The SMILES string of the molecule is CCCC1CCC(NCCC(C)SC)CC1. The van der Waals surface area contributed by atoms with Gasteiger partial charge < -0.3 is 5.32 Å². The van der Waals surface area contributed by atoms with Gasteiger partial charge in [-0.05, 0) is 50.8 Å². The summed E-state index contributed by atoms with van der Waals surface area (Å²) in [5.41, 5.74) is 0. The number of thioether (sulfide) groups is 1. The smallest absolute Gasteiger partial charge is 0.00672 e. The summed E-state index contributed by atoms with van der Waals surface area (Å²) < 4.78 is 0. The molecule has 1 saturated carbocycles. The summed E-state index contributed by atoms with van der Waals surface area (Å²) in [4.78, 5) is 0. The zero-order valence-electron chi connectivity index (χ0n) is 11.3. The zero-order valence-corrected chi connectivity index (χ0v) is 12.1. The molecule has 0 aromatic rings. The van der Waals surface area contributed by atoms with E-state index < -0.39 is 0 Å². The van der Waals surface area contributed by atoms with Crippen LogP contribution in [0.3, 0.4) is 0 Å². The van der Waals surface area contributed by atoms with Crippen LogP contribution in [0.5, 0.6) is 0 Å². The van der Waals surface area contributed by atoms with Crippen LogP contribution in [0.15, 0.2) is 0 Å². The van der Waals surface area contributed by atoms with E-state index in [4.69, 9.17) is 0 Å². The molecule has 1 unspecified atom stereocenters. The zero-order chi connectivity index (χ0) is 11.8. The number of hydrogen-bond acceptors (Lipinski definition) is 2. The molecule has 0 heterocycles. The second-order valence-corrected chi connectivity index (χ2v) is 6.57. The first-order valence-electron chi connectivity index (χ1n) is 7.02. The van der Waals surface area contributed by atoms with Crippen molar-refractivity contribution >= 4 is 11.8 Å². The van der Waals surface area contributed by atoms with Crippen molar-refractivity contribution in [3.63, 3.8) is 0 Å². The molecule has 0 saturated heterocycles. The molecule has 0 aliphatic heterocycles. The van der Waals surface area contributed by atoms with Crippen LogP contribution in [-0.4, -0.2) is 24.1 Å². The first-order chi connectivity index (χ1) is 7.76. The lowest BCUT2D eigenvalue weighted by Crippen LogP contribution is -2.34. The Morgan fingerprint density at radius 1 is 1.25 bits per heavy atom. The molecule has 0 aromatic heterocycles. The first-order valence-corrected chi connectivity index (χ1v) is 8.31. The largest absolute Gasteiger partial charge is 0.314 e. The molecule has 96 valence electrons. The van der Waals surface area contributed by atoms with Gasteiger partial charge >= 0.3 is 0 Å². The van der Waals surface area contributed by atoms with E-state index in [2.05, 4.69) is 25.4 Å². The molecule has 1 fully saturated rings. The van der Waals surface area contributed by atoms with E-state index >= 15 is 0 Å². The summed E-state index contributed by atoms with van der Waals surface area (Å²) in [7, 11) is 0. The average molecular weight is 243 g/mol. The van der Waals surface area contributed by atoms with Crippen LogP contribution >= 0.6 is 11.8 Å². The minimum atomic E-state index is 0.809. The van der Waals surface area contributed by atoms with E-state index in [1.165, 1.54) is 51.5 Å². The Morgan fingerprint density at radius 3 is 2.50 bits per heavy atom. The van der Waals surface area contributed by atoms with Gasteiger partial charge in [-0.25, -0.2) is 0 Å². The molecule has 1 atom stereocenters. The molecule has 0 spiro atoms. The molecule has 1 rings (SSSR count). The third-order valence-electron chi connectivity index (χ3n) is 3.93. The molecule has 0 radical (unpaired) electrons. The Morgan fingerprint density at radius 2 is 1.94 bits per heavy atom. The van der Waals surface area contributed by atoms with E-state index in [1.54, 1.807) is 0 Å². The first kappa shape index (κ1) is 14.4. The van der Waals surface area contributed by atoms with Gasteiger partial charge in [0, 0.05) is 11.3 Å². The van der Waals surface area contributed by atoms with Gasteiger partial charge in [-0.15, -0.1) is 0 Å². The summed E-state index contributed by atoms with van der Waals surface area (Å²) >= 11 is 1.98. The topological polar surface area (TPSA) is 12.0 Å². The van der Waals surface area contributed by atoms with Gasteiger partial charge in [0.15, 0.2) is 0 Å². The normalized spacial score (nSPS) is 27.9. The maximum absolute atomic E-state index is 3.74. The second kappa shape index (κ2) is 8.41. The Kier molecular flexibility index (Phi) is 7.55. The van der Waals surface area contributed by atoms with Gasteiger partial charge in [-0.1, -0.05) is 26.7 Å². The van der Waals surface area contributed by atoms with Crippen LogP contribution in [0, 0.1) is 5.92 Å². The average Bonchev–Trinajstić information content (AvgIpc) is 2.31. The van der Waals surface area contributed by atoms with Crippen molar-refractivity contribution in [2.24, 2.45) is 5.92 Å². The molecule has 1 N–H and O–H groups in total. The molecule has 0 amide bonds. The third kappa shape index (κ3) is 5.58. The molecular weight excluding hydrogens is 214 g/mol. The fraction of sp³-hybridized carbons (Fsp3) is 1.00. The summed E-state index contributed by atoms with van der Waals surface area (Å²) in [5, 5.41) is 4.55.